The van der Waals surface area contributed by atoms with Gasteiger partial charge in [0.1, 0.15) is 23.0 Å². The fourth-order valence-electron chi connectivity index (χ4n) is 3.42. The number of benzene rings is 1. The van der Waals surface area contributed by atoms with Gasteiger partial charge in [-0.1, -0.05) is 0 Å². The Morgan fingerprint density at radius 1 is 1.26 bits per heavy atom. The molecule has 9 nitrogen and oxygen atoms in total. The van der Waals surface area contributed by atoms with Crippen LogP contribution in [0.2, 0.25) is 0 Å². The molecule has 2 aliphatic heterocycles. The fraction of sp³-hybridized carbons (Fsp3) is 0.263. The Kier molecular flexibility index (Phi) is 5.77. The monoisotopic (exact) mass is 503 g/mol. The molecule has 180 valence electrons. The van der Waals surface area contributed by atoms with E-state index in [1.54, 1.807) is 0 Å². The van der Waals surface area contributed by atoms with Crippen molar-refractivity contribution in [2.75, 3.05) is 19.4 Å². The highest BCUT2D eigenvalue weighted by Crippen LogP contribution is 2.38. The quantitative estimate of drug-likeness (QED) is 0.622. The average Bonchev–Trinajstić information content (AvgIpc) is 3.37. The average molecular weight is 503 g/mol. The molecule has 4 amide bonds. The van der Waals surface area contributed by atoms with Crippen LogP contribution < -0.4 is 10.8 Å². The van der Waals surface area contributed by atoms with Gasteiger partial charge in [-0.05, 0) is 12.1 Å². The molecule has 0 saturated carbocycles. The van der Waals surface area contributed by atoms with Gasteiger partial charge in [0.15, 0.2) is 11.3 Å². The van der Waals surface area contributed by atoms with Crippen LogP contribution in [0.4, 0.5) is 31.9 Å². The van der Waals surface area contributed by atoms with E-state index in [0.29, 0.717) is 6.07 Å². The lowest BCUT2D eigenvalue weighted by molar-refractivity contribution is -0.142. The van der Waals surface area contributed by atoms with Gasteiger partial charge in [0, 0.05) is 25.0 Å². The molecule has 3 heterocycles. The van der Waals surface area contributed by atoms with Crippen LogP contribution in [0.3, 0.4) is 0 Å². The van der Waals surface area contributed by atoms with E-state index < -0.39 is 59.4 Å². The summed E-state index contributed by atoms with van der Waals surface area (Å²) in [7, 11) is 2.71. The number of hydrogen-bond donors (Lipinski definition) is 2. The predicted molar refractivity (Wildman–Crippen MR) is 107 cm³/mol. The second-order valence-electron chi connectivity index (χ2n) is 7.26. The number of rotatable bonds is 4. The maximum atomic E-state index is 14.4. The molecule has 1 atom stereocenters. The minimum absolute atomic E-state index is 0.0325. The van der Waals surface area contributed by atoms with Crippen molar-refractivity contribution in [3.8, 4) is 11.3 Å². The molecule has 0 aliphatic carbocycles. The number of amides is 4. The summed E-state index contributed by atoms with van der Waals surface area (Å²) in [6.07, 6.45) is -6.56. The van der Waals surface area contributed by atoms with E-state index in [4.69, 9.17) is 4.84 Å². The van der Waals surface area contributed by atoms with Gasteiger partial charge in [0.05, 0.1) is 17.7 Å². The van der Waals surface area contributed by atoms with Crippen LogP contribution in [0.25, 0.3) is 11.3 Å². The first-order valence-corrected chi connectivity index (χ1v) is 10.3. The van der Waals surface area contributed by atoms with Crippen LogP contribution in [0, 0.1) is 11.6 Å². The lowest BCUT2D eigenvalue weighted by Gasteiger charge is -2.34. The Bertz CT molecular complexity index is 1240. The number of nitrogens with one attached hydrogen (secondary N) is 2. The first-order chi connectivity index (χ1) is 15.9. The van der Waals surface area contributed by atoms with Crippen molar-refractivity contribution in [2.45, 2.75) is 18.8 Å². The number of likely N-dealkylation sites (N-methyl/N-ethyl adjacent to an activating group) is 2. The topological polar surface area (TPSA) is 104 Å². The summed E-state index contributed by atoms with van der Waals surface area (Å²) in [5, 5.41) is 3.49. The molecule has 2 aromatic rings. The first kappa shape index (κ1) is 23.6. The van der Waals surface area contributed by atoms with E-state index in [2.05, 4.69) is 15.8 Å². The van der Waals surface area contributed by atoms with E-state index in [1.165, 1.54) is 24.4 Å². The summed E-state index contributed by atoms with van der Waals surface area (Å²) in [4.78, 5) is 48.1. The Morgan fingerprint density at radius 3 is 2.65 bits per heavy atom. The summed E-state index contributed by atoms with van der Waals surface area (Å²) >= 11 is 0.796. The van der Waals surface area contributed by atoms with Crippen molar-refractivity contribution in [3.05, 3.63) is 46.0 Å². The van der Waals surface area contributed by atoms with Crippen LogP contribution in [-0.4, -0.2) is 52.9 Å². The Morgan fingerprint density at radius 2 is 1.97 bits per heavy atom. The normalized spacial score (nSPS) is 18.4. The van der Waals surface area contributed by atoms with Gasteiger partial charge in [-0.2, -0.15) is 13.2 Å². The van der Waals surface area contributed by atoms with Crippen LogP contribution >= 0.6 is 11.3 Å². The molecule has 0 radical (unpaired) electrons. The molecule has 34 heavy (non-hydrogen) atoms. The molecule has 2 N–H and O–H groups in total. The number of urea groups is 1. The van der Waals surface area contributed by atoms with E-state index in [-0.39, 0.29) is 22.2 Å². The molecule has 15 heteroatoms. The largest absolute Gasteiger partial charge is 0.422 e. The van der Waals surface area contributed by atoms with Crippen LogP contribution in [-0.2, 0) is 20.6 Å². The maximum absolute atomic E-state index is 14.4. The van der Waals surface area contributed by atoms with Crippen molar-refractivity contribution in [2.24, 2.45) is 0 Å². The lowest BCUT2D eigenvalue weighted by atomic mass is 10.1. The number of nitrogens with zero attached hydrogens (tertiary/aromatic N) is 3. The zero-order valence-corrected chi connectivity index (χ0v) is 18.1. The summed E-state index contributed by atoms with van der Waals surface area (Å²) in [6.45, 7) is 0. The van der Waals surface area contributed by atoms with Gasteiger partial charge in [-0.15, -0.1) is 16.8 Å². The molecule has 1 aromatic carbocycles. The Labute approximate surface area is 191 Å². The van der Waals surface area contributed by atoms with Crippen molar-refractivity contribution >= 4 is 34.3 Å². The van der Waals surface area contributed by atoms with E-state index >= 15 is 0 Å². The van der Waals surface area contributed by atoms with Gasteiger partial charge in [0.2, 0.25) is 5.91 Å². The minimum Gasteiger partial charge on any atom is -0.410 e. The molecular formula is C19H14F5N5O4S. The molecule has 1 unspecified atom stereocenters. The highest BCUT2D eigenvalue weighted by molar-refractivity contribution is 7.14. The van der Waals surface area contributed by atoms with Crippen molar-refractivity contribution in [3.63, 3.8) is 0 Å². The molecule has 1 fully saturated rings. The summed E-state index contributed by atoms with van der Waals surface area (Å²) < 4.78 is 66.8. The Balaban J connectivity index is 1.52. The van der Waals surface area contributed by atoms with Crippen molar-refractivity contribution in [1.82, 2.24) is 20.3 Å². The van der Waals surface area contributed by atoms with Crippen LogP contribution in [0.5, 0.6) is 0 Å². The third-order valence-electron chi connectivity index (χ3n) is 5.10. The second kappa shape index (κ2) is 8.32. The fourth-order valence-corrected chi connectivity index (χ4v) is 4.15. The number of aromatic nitrogens is 1. The molecule has 4 rings (SSSR count). The summed E-state index contributed by atoms with van der Waals surface area (Å²) in [5.74, 6) is -4.96. The second-order valence-corrected chi connectivity index (χ2v) is 8.12. The number of hydrogen-bond acceptors (Lipinski definition) is 7. The van der Waals surface area contributed by atoms with E-state index in [0.717, 1.165) is 22.3 Å². The lowest BCUT2D eigenvalue weighted by Crippen LogP contribution is -2.57. The minimum atomic E-state index is -5.25. The summed E-state index contributed by atoms with van der Waals surface area (Å²) in [5.41, 5.74) is -0.322. The van der Waals surface area contributed by atoms with Gasteiger partial charge in [-0.25, -0.2) is 18.6 Å². The number of thiazole rings is 1. The SMILES string of the molecule is CN1C(=O)C2=C(CC(=O)Nc3nc(-c4ccc(F)c(C(F)(F)F)c4F)cs3)ONC2N(C)C1=O. The van der Waals surface area contributed by atoms with Crippen molar-refractivity contribution in [1.29, 1.82) is 0 Å². The third-order valence-corrected chi connectivity index (χ3v) is 5.86. The highest BCUT2D eigenvalue weighted by atomic mass is 32.1. The number of carbonyl (C=O) groups is 3. The molecule has 0 spiro atoms. The van der Waals surface area contributed by atoms with Crippen molar-refractivity contribution < 1.29 is 41.2 Å². The molecule has 1 aromatic heterocycles. The molecule has 1 saturated heterocycles. The van der Waals surface area contributed by atoms with Gasteiger partial charge in [-0.3, -0.25) is 14.5 Å². The number of fused-ring (bicyclic) bond motifs is 1. The Hall–Kier alpha value is -3.59. The third kappa shape index (κ3) is 3.96. The highest BCUT2D eigenvalue weighted by Gasteiger charge is 2.45. The number of anilines is 1. The number of alkyl halides is 3. The van der Waals surface area contributed by atoms with Crippen LogP contribution in [0.15, 0.2) is 28.8 Å². The predicted octanol–water partition coefficient (Wildman–Crippen LogP) is 3.07. The first-order valence-electron chi connectivity index (χ1n) is 9.41. The number of hydroxylamine groups is 1. The number of halogens is 5. The molecular weight excluding hydrogens is 489 g/mol. The number of carbonyl (C=O) groups excluding carboxylic acids is 3. The smallest absolute Gasteiger partial charge is 0.410 e. The standard InChI is InChI=1S/C19H14F5N5O4S/c1-28-15-12(16(31)29(2)18(28)32)10(33-27-15)5-11(30)26-17-25-9(6-34-17)7-3-4-8(20)13(14(7)21)19(22,23)24/h3-4,6,15,27H,5H2,1-2H3,(H,25,26,30). The zero-order chi connectivity index (χ0) is 24.9. The van der Waals surface area contributed by atoms with Gasteiger partial charge in [0.25, 0.3) is 5.91 Å². The van der Waals surface area contributed by atoms with E-state index in [1.807, 2.05) is 0 Å². The van der Waals surface area contributed by atoms with Gasteiger partial charge < -0.3 is 15.1 Å². The maximum Gasteiger partial charge on any atom is 0.422 e. The van der Waals surface area contributed by atoms with Crippen LogP contribution in [0.1, 0.15) is 12.0 Å². The summed E-state index contributed by atoms with van der Waals surface area (Å²) in [6, 6.07) is 0.722. The molecule has 2 aliphatic rings. The molecule has 0 bridgehead atoms. The van der Waals surface area contributed by atoms with Gasteiger partial charge >= 0.3 is 12.2 Å². The number of imide groups is 1. The van der Waals surface area contributed by atoms with E-state index in [9.17, 15) is 36.3 Å². The zero-order valence-electron chi connectivity index (χ0n) is 17.3.